The number of rotatable bonds is 7. The van der Waals surface area contributed by atoms with E-state index < -0.39 is 35.3 Å². The van der Waals surface area contributed by atoms with Crippen molar-refractivity contribution in [1.29, 1.82) is 0 Å². The summed E-state index contributed by atoms with van der Waals surface area (Å²) in [6, 6.07) is 19.1. The molecule has 1 fully saturated rings. The summed E-state index contributed by atoms with van der Waals surface area (Å²) in [7, 11) is 0. The van der Waals surface area contributed by atoms with Gasteiger partial charge in [0.15, 0.2) is 0 Å². The van der Waals surface area contributed by atoms with Crippen LogP contribution in [0.1, 0.15) is 16.7 Å². The van der Waals surface area contributed by atoms with Crippen molar-refractivity contribution in [3.05, 3.63) is 98.0 Å². The molecule has 0 radical (unpaired) electrons. The van der Waals surface area contributed by atoms with E-state index in [0.717, 1.165) is 32.2 Å². The van der Waals surface area contributed by atoms with Gasteiger partial charge in [-0.2, -0.15) is 13.2 Å². The summed E-state index contributed by atoms with van der Waals surface area (Å²) in [6.45, 7) is -0.223. The van der Waals surface area contributed by atoms with Gasteiger partial charge in [-0.05, 0) is 81.9 Å². The third-order valence-electron chi connectivity index (χ3n) is 5.14. The number of nitrogens with zero attached hydrogens (tertiary/aromatic N) is 1. The Labute approximate surface area is 228 Å². The molecule has 3 aromatic rings. The zero-order chi connectivity index (χ0) is 26.6. The topological polar surface area (TPSA) is 75.7 Å². The van der Waals surface area contributed by atoms with Crippen LogP contribution in [0.4, 0.5) is 23.7 Å². The van der Waals surface area contributed by atoms with Crippen molar-refractivity contribution in [2.45, 2.75) is 12.8 Å². The van der Waals surface area contributed by atoms with Gasteiger partial charge < -0.3 is 10.1 Å². The lowest BCUT2D eigenvalue weighted by atomic mass is 10.2. The maximum absolute atomic E-state index is 12.9. The highest BCUT2D eigenvalue weighted by Gasteiger charge is 2.36. The van der Waals surface area contributed by atoms with Crippen LogP contribution >= 0.6 is 34.4 Å². The number of carbonyl (C=O) groups is 3. The lowest BCUT2D eigenvalue weighted by Gasteiger charge is -2.13. The summed E-state index contributed by atoms with van der Waals surface area (Å²) < 4.78 is 45.3. The number of halogens is 4. The summed E-state index contributed by atoms with van der Waals surface area (Å²) in [5, 5.41) is 1.65. The van der Waals surface area contributed by atoms with Crippen molar-refractivity contribution in [3.8, 4) is 5.75 Å². The van der Waals surface area contributed by atoms with Gasteiger partial charge in [-0.15, -0.1) is 0 Å². The number of amides is 3. The Balaban J connectivity index is 1.39. The minimum Gasteiger partial charge on any atom is -0.488 e. The molecule has 0 aromatic heterocycles. The number of nitrogens with one attached hydrogen (secondary N) is 1. The molecule has 1 heterocycles. The first-order valence-electron chi connectivity index (χ1n) is 10.8. The Morgan fingerprint density at radius 1 is 1.03 bits per heavy atom. The Hall–Kier alpha value is -3.32. The number of ether oxygens (including phenoxy) is 1. The SMILES string of the molecule is O=C(CN1C(=O)S/C(=C\c2ccc(OCc3ccccc3)c(I)c2)C1=O)Nc1cccc(C(F)(F)F)c1. The van der Waals surface area contributed by atoms with Crippen molar-refractivity contribution >= 4 is 63.2 Å². The van der Waals surface area contributed by atoms with Crippen molar-refractivity contribution in [2.75, 3.05) is 11.9 Å². The number of anilines is 1. The van der Waals surface area contributed by atoms with Crippen LogP contribution in [0.25, 0.3) is 6.08 Å². The molecule has 0 atom stereocenters. The van der Waals surface area contributed by atoms with Crippen LogP contribution in [0.3, 0.4) is 0 Å². The van der Waals surface area contributed by atoms with Crippen molar-refractivity contribution in [3.63, 3.8) is 0 Å². The normalized spacial score (nSPS) is 14.8. The quantitative estimate of drug-likeness (QED) is 0.234. The molecule has 0 unspecified atom stereocenters. The molecule has 1 aliphatic heterocycles. The first kappa shape index (κ1) is 26.7. The summed E-state index contributed by atoms with van der Waals surface area (Å²) in [5.41, 5.74) is 0.667. The molecular weight excluding hydrogens is 620 g/mol. The van der Waals surface area contributed by atoms with Crippen LogP contribution in [-0.2, 0) is 22.4 Å². The van der Waals surface area contributed by atoms with Crippen LogP contribution in [0.2, 0.25) is 0 Å². The smallest absolute Gasteiger partial charge is 0.416 e. The van der Waals surface area contributed by atoms with Gasteiger partial charge in [0.25, 0.3) is 11.1 Å². The largest absolute Gasteiger partial charge is 0.488 e. The molecular formula is C26H18F3IN2O4S. The Bertz CT molecular complexity index is 1380. The van der Waals surface area contributed by atoms with Gasteiger partial charge in [0, 0.05) is 5.69 Å². The molecule has 1 N–H and O–H groups in total. The zero-order valence-corrected chi connectivity index (χ0v) is 21.9. The average molecular weight is 638 g/mol. The van der Waals surface area contributed by atoms with Crippen molar-refractivity contribution < 1.29 is 32.3 Å². The van der Waals surface area contributed by atoms with Crippen molar-refractivity contribution in [1.82, 2.24) is 4.90 Å². The van der Waals surface area contributed by atoms with Gasteiger partial charge in [-0.1, -0.05) is 42.5 Å². The molecule has 1 saturated heterocycles. The van der Waals surface area contributed by atoms with Crippen LogP contribution in [0.15, 0.2) is 77.7 Å². The molecule has 11 heteroatoms. The molecule has 0 spiro atoms. The second-order valence-corrected chi connectivity index (χ2v) is 10.0. The summed E-state index contributed by atoms with van der Waals surface area (Å²) in [5.74, 6) is -0.785. The fourth-order valence-electron chi connectivity index (χ4n) is 3.36. The van der Waals surface area contributed by atoms with Gasteiger partial charge >= 0.3 is 6.18 Å². The first-order chi connectivity index (χ1) is 17.6. The minimum atomic E-state index is -4.57. The van der Waals surface area contributed by atoms with Gasteiger partial charge in [-0.25, -0.2) is 0 Å². The average Bonchev–Trinajstić information content (AvgIpc) is 3.11. The summed E-state index contributed by atoms with van der Waals surface area (Å²) in [4.78, 5) is 38.4. The third kappa shape index (κ3) is 6.92. The van der Waals surface area contributed by atoms with Gasteiger partial charge in [0.1, 0.15) is 18.9 Å². The van der Waals surface area contributed by atoms with Crippen LogP contribution in [0.5, 0.6) is 5.75 Å². The highest BCUT2D eigenvalue weighted by molar-refractivity contribution is 14.1. The molecule has 0 aliphatic carbocycles. The van der Waals surface area contributed by atoms with Crippen LogP contribution in [0, 0.1) is 3.57 Å². The molecule has 3 aromatic carbocycles. The predicted octanol–water partition coefficient (Wildman–Crippen LogP) is 6.56. The van der Waals surface area contributed by atoms with Crippen LogP contribution in [-0.4, -0.2) is 28.5 Å². The van der Waals surface area contributed by atoms with E-state index in [-0.39, 0.29) is 10.6 Å². The van der Waals surface area contributed by atoms with E-state index in [1.165, 1.54) is 6.07 Å². The monoisotopic (exact) mass is 638 g/mol. The number of carbonyl (C=O) groups excluding carboxylic acids is 3. The van der Waals surface area contributed by atoms with Crippen molar-refractivity contribution in [2.24, 2.45) is 0 Å². The Morgan fingerprint density at radius 3 is 2.49 bits per heavy atom. The predicted molar refractivity (Wildman–Crippen MR) is 143 cm³/mol. The van der Waals surface area contributed by atoms with Crippen LogP contribution < -0.4 is 10.1 Å². The number of hydrogen-bond acceptors (Lipinski definition) is 5. The zero-order valence-electron chi connectivity index (χ0n) is 18.9. The summed E-state index contributed by atoms with van der Waals surface area (Å²) >= 11 is 2.80. The van der Waals surface area contributed by atoms with E-state index in [4.69, 9.17) is 4.74 Å². The van der Waals surface area contributed by atoms with Gasteiger partial charge in [0.2, 0.25) is 5.91 Å². The third-order valence-corrected chi connectivity index (χ3v) is 6.89. The molecule has 1 aliphatic rings. The molecule has 4 rings (SSSR count). The number of imide groups is 1. The van der Waals surface area contributed by atoms with E-state index in [1.54, 1.807) is 24.3 Å². The number of benzene rings is 3. The summed E-state index contributed by atoms with van der Waals surface area (Å²) in [6.07, 6.45) is -3.03. The van der Waals surface area contributed by atoms with Gasteiger partial charge in [-0.3, -0.25) is 19.3 Å². The Kier molecular flexibility index (Phi) is 8.22. The fraction of sp³-hybridized carbons (Fsp3) is 0.115. The maximum Gasteiger partial charge on any atom is 0.416 e. The highest BCUT2D eigenvalue weighted by Crippen LogP contribution is 2.34. The minimum absolute atomic E-state index is 0.0912. The molecule has 3 amide bonds. The second-order valence-electron chi connectivity index (χ2n) is 7.86. The van der Waals surface area contributed by atoms with E-state index in [1.807, 2.05) is 30.3 Å². The lowest BCUT2D eigenvalue weighted by molar-refractivity contribution is -0.137. The van der Waals surface area contributed by atoms with E-state index in [0.29, 0.717) is 29.7 Å². The Morgan fingerprint density at radius 2 is 1.78 bits per heavy atom. The standard InChI is InChI=1S/C26H18F3IN2O4S/c27-26(28,29)18-7-4-8-19(13-18)31-23(33)14-32-24(34)22(37-25(32)35)12-17-9-10-21(20(30)11-17)36-15-16-5-2-1-3-6-16/h1-13H,14-15H2,(H,31,33)/b22-12-. The van der Waals surface area contributed by atoms with E-state index in [9.17, 15) is 27.6 Å². The highest BCUT2D eigenvalue weighted by atomic mass is 127. The second kappa shape index (κ2) is 11.4. The molecule has 0 saturated carbocycles. The van der Waals surface area contributed by atoms with E-state index >= 15 is 0 Å². The van der Waals surface area contributed by atoms with Gasteiger partial charge in [0.05, 0.1) is 14.0 Å². The molecule has 6 nitrogen and oxygen atoms in total. The number of thioether (sulfide) groups is 1. The number of hydrogen-bond donors (Lipinski definition) is 1. The molecule has 37 heavy (non-hydrogen) atoms. The number of alkyl halides is 3. The molecule has 0 bridgehead atoms. The lowest BCUT2D eigenvalue weighted by Crippen LogP contribution is -2.36. The molecule has 190 valence electrons. The first-order valence-corrected chi connectivity index (χ1v) is 12.7. The fourth-order valence-corrected chi connectivity index (χ4v) is 4.90. The maximum atomic E-state index is 12.9. The van der Waals surface area contributed by atoms with E-state index in [2.05, 4.69) is 27.9 Å².